The number of carbonyl (C=O) groups is 1. The maximum absolute atomic E-state index is 13.3. The first-order chi connectivity index (χ1) is 15.6. The van der Waals surface area contributed by atoms with Gasteiger partial charge in [-0.05, 0) is 61.7 Å². The van der Waals surface area contributed by atoms with E-state index in [1.54, 1.807) is 24.3 Å². The molecule has 2 aromatic carbocycles. The molecule has 1 saturated carbocycles. The predicted molar refractivity (Wildman–Crippen MR) is 129 cm³/mol. The molecule has 3 aromatic rings. The zero-order valence-corrected chi connectivity index (χ0v) is 19.4. The standard InChI is InChI=1S/C27H31ClN2O2/c1-21-7-5-8-22(17-21)18-29-16-6-11-25(29)19-30(24-9-3-2-4-10-24)27(31)20-32-26-14-12-23(28)13-15-26/h5-8,11-17,24H,2-4,9-10,18-20H2,1H3. The number of amides is 1. The number of ether oxygens (including phenoxy) is 1. The van der Waals surface area contributed by atoms with E-state index in [1.165, 1.54) is 30.4 Å². The number of benzene rings is 2. The topological polar surface area (TPSA) is 34.5 Å². The van der Waals surface area contributed by atoms with Crippen LogP contribution in [0.25, 0.3) is 0 Å². The Labute approximate surface area is 195 Å². The summed E-state index contributed by atoms with van der Waals surface area (Å²) in [4.78, 5) is 15.3. The molecule has 1 aliphatic carbocycles. The van der Waals surface area contributed by atoms with Gasteiger partial charge in [0.15, 0.2) is 6.61 Å². The second kappa shape index (κ2) is 10.7. The van der Waals surface area contributed by atoms with Crippen LogP contribution in [0.15, 0.2) is 66.9 Å². The zero-order chi connectivity index (χ0) is 22.3. The predicted octanol–water partition coefficient (Wildman–Crippen LogP) is 6.24. The van der Waals surface area contributed by atoms with Crippen molar-refractivity contribution in [2.45, 2.75) is 58.2 Å². The summed E-state index contributed by atoms with van der Waals surface area (Å²) in [6.07, 6.45) is 7.83. The highest BCUT2D eigenvalue weighted by Crippen LogP contribution is 2.25. The Morgan fingerprint density at radius 2 is 1.84 bits per heavy atom. The molecule has 5 heteroatoms. The molecule has 1 amide bonds. The Hall–Kier alpha value is -2.72. The van der Waals surface area contributed by atoms with Crippen LogP contribution in [0.4, 0.5) is 0 Å². The zero-order valence-electron chi connectivity index (χ0n) is 18.7. The fraction of sp³-hybridized carbons (Fsp3) is 0.370. The molecule has 0 saturated heterocycles. The number of halogens is 1. The molecule has 32 heavy (non-hydrogen) atoms. The molecule has 0 radical (unpaired) electrons. The van der Waals surface area contributed by atoms with Crippen molar-refractivity contribution < 1.29 is 9.53 Å². The van der Waals surface area contributed by atoms with Gasteiger partial charge in [-0.15, -0.1) is 0 Å². The number of rotatable bonds is 8. The lowest BCUT2D eigenvalue weighted by molar-refractivity contribution is -0.137. The normalized spacial score (nSPS) is 14.3. The summed E-state index contributed by atoms with van der Waals surface area (Å²) in [7, 11) is 0. The van der Waals surface area contributed by atoms with Crippen molar-refractivity contribution in [3.8, 4) is 5.75 Å². The first kappa shape index (κ1) is 22.5. The number of hydrogen-bond acceptors (Lipinski definition) is 2. The molecular weight excluding hydrogens is 420 g/mol. The summed E-state index contributed by atoms with van der Waals surface area (Å²) in [5.41, 5.74) is 3.68. The van der Waals surface area contributed by atoms with Crippen molar-refractivity contribution in [3.05, 3.63) is 88.7 Å². The second-order valence-corrected chi connectivity index (χ2v) is 9.11. The summed E-state index contributed by atoms with van der Waals surface area (Å²) in [6.45, 7) is 3.56. The van der Waals surface area contributed by atoms with Crippen LogP contribution < -0.4 is 4.74 Å². The van der Waals surface area contributed by atoms with Gasteiger partial charge in [0.25, 0.3) is 5.91 Å². The molecule has 0 N–H and O–H groups in total. The molecule has 4 nitrogen and oxygen atoms in total. The molecule has 0 aliphatic heterocycles. The number of hydrogen-bond donors (Lipinski definition) is 0. The molecular formula is C27H31ClN2O2. The number of aromatic nitrogens is 1. The largest absolute Gasteiger partial charge is 0.484 e. The highest BCUT2D eigenvalue weighted by molar-refractivity contribution is 6.30. The minimum Gasteiger partial charge on any atom is -0.484 e. The van der Waals surface area contributed by atoms with Crippen LogP contribution in [0.3, 0.4) is 0 Å². The van der Waals surface area contributed by atoms with Crippen molar-refractivity contribution in [3.63, 3.8) is 0 Å². The van der Waals surface area contributed by atoms with E-state index in [2.05, 4.69) is 54.1 Å². The van der Waals surface area contributed by atoms with Crippen molar-refractivity contribution in [2.24, 2.45) is 0 Å². The van der Waals surface area contributed by atoms with Crippen molar-refractivity contribution in [2.75, 3.05) is 6.61 Å². The lowest BCUT2D eigenvalue weighted by Gasteiger charge is -2.34. The van der Waals surface area contributed by atoms with E-state index in [1.807, 2.05) is 4.90 Å². The molecule has 0 unspecified atom stereocenters. The van der Waals surface area contributed by atoms with Crippen molar-refractivity contribution in [1.82, 2.24) is 9.47 Å². The van der Waals surface area contributed by atoms with Gasteiger partial charge in [0.2, 0.25) is 0 Å². The Kier molecular flexibility index (Phi) is 7.54. The van der Waals surface area contributed by atoms with Crippen LogP contribution in [-0.2, 0) is 17.9 Å². The van der Waals surface area contributed by atoms with E-state index in [0.29, 0.717) is 17.3 Å². The van der Waals surface area contributed by atoms with Gasteiger partial charge in [-0.2, -0.15) is 0 Å². The fourth-order valence-corrected chi connectivity index (χ4v) is 4.63. The quantitative estimate of drug-likeness (QED) is 0.407. The molecule has 1 aliphatic rings. The van der Waals surface area contributed by atoms with Gasteiger partial charge in [-0.1, -0.05) is 60.7 Å². The summed E-state index contributed by atoms with van der Waals surface area (Å²) >= 11 is 5.95. The SMILES string of the molecule is Cc1cccc(Cn2cccc2CN(C(=O)COc2ccc(Cl)cc2)C2CCCCC2)c1. The Balaban J connectivity index is 1.48. The summed E-state index contributed by atoms with van der Waals surface area (Å²) < 4.78 is 8.04. The first-order valence-corrected chi connectivity index (χ1v) is 11.8. The van der Waals surface area contributed by atoms with Crippen LogP contribution in [-0.4, -0.2) is 28.0 Å². The molecule has 168 valence electrons. The molecule has 0 bridgehead atoms. The minimum absolute atomic E-state index is 0.0372. The highest BCUT2D eigenvalue weighted by Gasteiger charge is 2.26. The van der Waals surface area contributed by atoms with Gasteiger partial charge in [0.1, 0.15) is 5.75 Å². The molecule has 4 rings (SSSR count). The highest BCUT2D eigenvalue weighted by atomic mass is 35.5. The Morgan fingerprint density at radius 3 is 2.59 bits per heavy atom. The molecule has 1 aromatic heterocycles. The van der Waals surface area contributed by atoms with Gasteiger partial charge in [-0.25, -0.2) is 0 Å². The molecule has 1 fully saturated rings. The Morgan fingerprint density at radius 1 is 1.06 bits per heavy atom. The van der Waals surface area contributed by atoms with Gasteiger partial charge in [0, 0.05) is 29.5 Å². The maximum atomic E-state index is 13.3. The van der Waals surface area contributed by atoms with Gasteiger partial charge in [0.05, 0.1) is 6.54 Å². The van der Waals surface area contributed by atoms with Crippen LogP contribution in [0.2, 0.25) is 5.02 Å². The number of nitrogens with zero attached hydrogens (tertiary/aromatic N) is 2. The summed E-state index contributed by atoms with van der Waals surface area (Å²) in [5, 5.41) is 0.655. The third-order valence-electron chi connectivity index (χ3n) is 6.20. The van der Waals surface area contributed by atoms with Crippen molar-refractivity contribution in [1.29, 1.82) is 0 Å². The van der Waals surface area contributed by atoms with Crippen LogP contribution in [0, 0.1) is 6.92 Å². The molecule has 0 spiro atoms. The average Bonchev–Trinajstić information content (AvgIpc) is 3.24. The van der Waals surface area contributed by atoms with Crippen LogP contribution in [0.5, 0.6) is 5.75 Å². The fourth-order valence-electron chi connectivity index (χ4n) is 4.50. The number of aryl methyl sites for hydroxylation is 1. The smallest absolute Gasteiger partial charge is 0.261 e. The first-order valence-electron chi connectivity index (χ1n) is 11.5. The lowest BCUT2D eigenvalue weighted by atomic mass is 9.94. The van der Waals surface area contributed by atoms with Gasteiger partial charge < -0.3 is 14.2 Å². The summed E-state index contributed by atoms with van der Waals surface area (Å²) in [6, 6.07) is 20.2. The third-order valence-corrected chi connectivity index (χ3v) is 6.46. The van der Waals surface area contributed by atoms with E-state index in [4.69, 9.17) is 16.3 Å². The van der Waals surface area contributed by atoms with E-state index in [9.17, 15) is 4.79 Å². The van der Waals surface area contributed by atoms with E-state index in [0.717, 1.165) is 25.1 Å². The summed E-state index contributed by atoms with van der Waals surface area (Å²) in [5.74, 6) is 0.698. The van der Waals surface area contributed by atoms with Crippen molar-refractivity contribution >= 4 is 17.5 Å². The molecule has 1 heterocycles. The minimum atomic E-state index is 0.0372. The van der Waals surface area contributed by atoms with E-state index in [-0.39, 0.29) is 18.6 Å². The van der Waals surface area contributed by atoms with Gasteiger partial charge in [-0.3, -0.25) is 4.79 Å². The van der Waals surface area contributed by atoms with E-state index < -0.39 is 0 Å². The third kappa shape index (κ3) is 5.95. The molecule has 0 atom stereocenters. The van der Waals surface area contributed by atoms with Gasteiger partial charge >= 0.3 is 0 Å². The lowest BCUT2D eigenvalue weighted by Crippen LogP contribution is -2.43. The second-order valence-electron chi connectivity index (χ2n) is 8.67. The van der Waals surface area contributed by atoms with E-state index >= 15 is 0 Å². The average molecular weight is 451 g/mol. The number of carbonyl (C=O) groups excluding carboxylic acids is 1. The monoisotopic (exact) mass is 450 g/mol. The Bertz CT molecular complexity index is 1020. The van der Waals surface area contributed by atoms with Crippen LogP contribution >= 0.6 is 11.6 Å². The maximum Gasteiger partial charge on any atom is 0.261 e. The van der Waals surface area contributed by atoms with Crippen LogP contribution in [0.1, 0.15) is 48.9 Å².